The number of hydrogen-bond donors (Lipinski definition) is 1. The van der Waals surface area contributed by atoms with Crippen LogP contribution in [0.1, 0.15) is 6.42 Å². The fourth-order valence-corrected chi connectivity index (χ4v) is 1.46. The van der Waals surface area contributed by atoms with E-state index in [4.69, 9.17) is 14.6 Å². The average molecular weight is 203 g/mol. The fourth-order valence-electron chi connectivity index (χ4n) is 1.46. The highest BCUT2D eigenvalue weighted by atomic mass is 16.6. The molecule has 1 saturated heterocycles. The van der Waals surface area contributed by atoms with Gasteiger partial charge >= 0.3 is 6.09 Å². The van der Waals surface area contributed by atoms with E-state index in [0.29, 0.717) is 32.7 Å². The van der Waals surface area contributed by atoms with Gasteiger partial charge in [-0.1, -0.05) is 0 Å². The number of methoxy groups -OCH3 is 1. The largest absolute Gasteiger partial charge is 0.449 e. The van der Waals surface area contributed by atoms with Gasteiger partial charge in [-0.2, -0.15) is 0 Å². The fraction of sp³-hybridized carbons (Fsp3) is 0.889. The molecule has 0 aliphatic carbocycles. The number of nitrogens with zero attached hydrogens (tertiary/aromatic N) is 1. The lowest BCUT2D eigenvalue weighted by Crippen LogP contribution is -2.44. The number of cyclic esters (lactones) is 1. The highest BCUT2D eigenvalue weighted by molar-refractivity contribution is 5.68. The van der Waals surface area contributed by atoms with Crippen LogP contribution in [0.15, 0.2) is 0 Å². The van der Waals surface area contributed by atoms with Crippen LogP contribution in [0.25, 0.3) is 0 Å². The van der Waals surface area contributed by atoms with Gasteiger partial charge < -0.3 is 19.5 Å². The zero-order valence-corrected chi connectivity index (χ0v) is 8.44. The molecule has 0 aromatic rings. The molecule has 1 heterocycles. The Labute approximate surface area is 83.6 Å². The summed E-state index contributed by atoms with van der Waals surface area (Å²) < 4.78 is 9.86. The second kappa shape index (κ2) is 5.82. The number of carbonyl (C=O) groups is 1. The Morgan fingerprint density at radius 1 is 1.71 bits per heavy atom. The van der Waals surface area contributed by atoms with E-state index in [9.17, 15) is 4.79 Å². The third-order valence-corrected chi connectivity index (χ3v) is 2.28. The summed E-state index contributed by atoms with van der Waals surface area (Å²) in [5, 5.41) is 8.76. The molecule has 82 valence electrons. The molecule has 1 unspecified atom stereocenters. The van der Waals surface area contributed by atoms with Gasteiger partial charge in [0.15, 0.2) is 0 Å². The first-order valence-corrected chi connectivity index (χ1v) is 4.79. The third kappa shape index (κ3) is 3.16. The smallest absolute Gasteiger partial charge is 0.409 e. The van der Waals surface area contributed by atoms with E-state index >= 15 is 0 Å². The first-order chi connectivity index (χ1) is 6.77. The summed E-state index contributed by atoms with van der Waals surface area (Å²) >= 11 is 0. The number of carbonyl (C=O) groups excluding carboxylic acids is 1. The molecule has 1 aliphatic heterocycles. The minimum Gasteiger partial charge on any atom is -0.449 e. The molecule has 1 fully saturated rings. The van der Waals surface area contributed by atoms with Crippen LogP contribution in [0.4, 0.5) is 4.79 Å². The zero-order chi connectivity index (χ0) is 10.4. The van der Waals surface area contributed by atoms with Gasteiger partial charge in [0.25, 0.3) is 0 Å². The molecule has 14 heavy (non-hydrogen) atoms. The van der Waals surface area contributed by atoms with Crippen LogP contribution in [0.5, 0.6) is 0 Å². The Morgan fingerprint density at radius 2 is 2.50 bits per heavy atom. The standard InChI is InChI=1S/C9H17NO4/c1-13-5-3-10-6-8(2-4-11)7-14-9(10)12/h8,11H,2-7H2,1H3. The number of rotatable bonds is 5. The van der Waals surface area contributed by atoms with E-state index in [1.54, 1.807) is 12.0 Å². The summed E-state index contributed by atoms with van der Waals surface area (Å²) in [7, 11) is 1.60. The van der Waals surface area contributed by atoms with Crippen LogP contribution in [0, 0.1) is 5.92 Å². The molecule has 0 spiro atoms. The quantitative estimate of drug-likeness (QED) is 0.687. The van der Waals surface area contributed by atoms with Gasteiger partial charge in [-0.25, -0.2) is 4.79 Å². The predicted molar refractivity (Wildman–Crippen MR) is 50.0 cm³/mol. The molecule has 1 rings (SSSR count). The minimum absolute atomic E-state index is 0.139. The molecule has 1 aliphatic rings. The van der Waals surface area contributed by atoms with Crippen LogP contribution in [0.3, 0.4) is 0 Å². The summed E-state index contributed by atoms with van der Waals surface area (Å²) in [6.07, 6.45) is 0.396. The van der Waals surface area contributed by atoms with Crippen LogP contribution in [0.2, 0.25) is 0 Å². The molecule has 1 N–H and O–H groups in total. The van der Waals surface area contributed by atoms with E-state index in [1.807, 2.05) is 0 Å². The topological polar surface area (TPSA) is 59.0 Å². The van der Waals surface area contributed by atoms with Crippen molar-refractivity contribution in [2.24, 2.45) is 5.92 Å². The second-order valence-electron chi connectivity index (χ2n) is 3.39. The lowest BCUT2D eigenvalue weighted by atomic mass is 10.1. The molecule has 0 aromatic heterocycles. The molecule has 5 nitrogen and oxygen atoms in total. The van der Waals surface area contributed by atoms with Crippen LogP contribution < -0.4 is 0 Å². The normalized spacial score (nSPS) is 22.3. The molecule has 0 radical (unpaired) electrons. The van der Waals surface area contributed by atoms with Gasteiger partial charge in [-0.15, -0.1) is 0 Å². The van der Waals surface area contributed by atoms with E-state index in [1.165, 1.54) is 0 Å². The van der Waals surface area contributed by atoms with Crippen molar-refractivity contribution >= 4 is 6.09 Å². The average Bonchev–Trinajstić information content (AvgIpc) is 2.19. The predicted octanol–water partition coefficient (Wildman–Crippen LogP) is 0.0836. The zero-order valence-electron chi connectivity index (χ0n) is 8.44. The van der Waals surface area contributed by atoms with E-state index in [0.717, 1.165) is 0 Å². The van der Waals surface area contributed by atoms with Crippen molar-refractivity contribution in [3.63, 3.8) is 0 Å². The Balaban J connectivity index is 2.34. The number of ether oxygens (including phenoxy) is 2. The molecule has 1 atom stereocenters. The Hall–Kier alpha value is -0.810. The van der Waals surface area contributed by atoms with Gasteiger partial charge in [-0.05, 0) is 6.42 Å². The first kappa shape index (κ1) is 11.3. The van der Waals surface area contributed by atoms with E-state index < -0.39 is 0 Å². The Bertz CT molecular complexity index is 186. The van der Waals surface area contributed by atoms with Gasteiger partial charge in [0.1, 0.15) is 0 Å². The maximum absolute atomic E-state index is 11.2. The maximum atomic E-state index is 11.2. The molecule has 0 aromatic carbocycles. The van der Waals surface area contributed by atoms with Gasteiger partial charge in [-0.3, -0.25) is 0 Å². The lowest BCUT2D eigenvalue weighted by molar-refractivity contribution is 0.0267. The second-order valence-corrected chi connectivity index (χ2v) is 3.39. The van der Waals surface area contributed by atoms with Crippen molar-refractivity contribution in [2.75, 3.05) is 40.0 Å². The van der Waals surface area contributed by atoms with Crippen LogP contribution in [-0.2, 0) is 9.47 Å². The van der Waals surface area contributed by atoms with Crippen molar-refractivity contribution in [1.82, 2.24) is 4.90 Å². The number of hydrogen-bond acceptors (Lipinski definition) is 4. The number of aliphatic hydroxyl groups is 1. The van der Waals surface area contributed by atoms with Crippen molar-refractivity contribution in [3.05, 3.63) is 0 Å². The molecule has 1 amide bonds. The number of aliphatic hydroxyl groups excluding tert-OH is 1. The van der Waals surface area contributed by atoms with Crippen molar-refractivity contribution < 1.29 is 19.4 Å². The van der Waals surface area contributed by atoms with E-state index in [-0.39, 0.29) is 18.6 Å². The van der Waals surface area contributed by atoms with Gasteiger partial charge in [0.2, 0.25) is 0 Å². The summed E-state index contributed by atoms with van der Waals surface area (Å²) in [6, 6.07) is 0. The molecule has 5 heteroatoms. The highest BCUT2D eigenvalue weighted by Crippen LogP contribution is 2.13. The molecular formula is C9H17NO4. The van der Waals surface area contributed by atoms with Crippen molar-refractivity contribution in [3.8, 4) is 0 Å². The highest BCUT2D eigenvalue weighted by Gasteiger charge is 2.26. The maximum Gasteiger partial charge on any atom is 0.409 e. The summed E-state index contributed by atoms with van der Waals surface area (Å²) in [4.78, 5) is 12.9. The lowest BCUT2D eigenvalue weighted by Gasteiger charge is -2.31. The molecule has 0 saturated carbocycles. The van der Waals surface area contributed by atoms with Gasteiger partial charge in [0, 0.05) is 32.7 Å². The Morgan fingerprint density at radius 3 is 3.14 bits per heavy atom. The van der Waals surface area contributed by atoms with Crippen molar-refractivity contribution in [2.45, 2.75) is 6.42 Å². The monoisotopic (exact) mass is 203 g/mol. The summed E-state index contributed by atoms with van der Waals surface area (Å²) in [5.74, 6) is 0.245. The SMILES string of the molecule is COCCN1CC(CCO)COC1=O. The summed E-state index contributed by atoms with van der Waals surface area (Å²) in [5.41, 5.74) is 0. The number of amides is 1. The molecular weight excluding hydrogens is 186 g/mol. The summed E-state index contributed by atoms with van der Waals surface area (Å²) in [6.45, 7) is 2.28. The van der Waals surface area contributed by atoms with Crippen molar-refractivity contribution in [1.29, 1.82) is 0 Å². The van der Waals surface area contributed by atoms with Crippen LogP contribution in [-0.4, -0.2) is 56.1 Å². The van der Waals surface area contributed by atoms with Gasteiger partial charge in [0.05, 0.1) is 13.2 Å². The Kier molecular flexibility index (Phi) is 4.69. The minimum atomic E-state index is -0.281. The molecule has 0 bridgehead atoms. The van der Waals surface area contributed by atoms with Crippen LogP contribution >= 0.6 is 0 Å². The van der Waals surface area contributed by atoms with E-state index in [2.05, 4.69) is 0 Å². The first-order valence-electron chi connectivity index (χ1n) is 4.79. The third-order valence-electron chi connectivity index (χ3n) is 2.28.